The Kier molecular flexibility index (Phi) is 3.41. The van der Waals surface area contributed by atoms with Crippen molar-refractivity contribution >= 4 is 17.3 Å². The summed E-state index contributed by atoms with van der Waals surface area (Å²) in [6.07, 6.45) is 7.77. The van der Waals surface area contributed by atoms with Gasteiger partial charge in [0.05, 0.1) is 6.33 Å². The summed E-state index contributed by atoms with van der Waals surface area (Å²) in [4.78, 5) is 18.0. The molecule has 2 N–H and O–H groups in total. The average molecular weight is 270 g/mol. The molecule has 20 heavy (non-hydrogen) atoms. The minimum atomic E-state index is 0.202. The summed E-state index contributed by atoms with van der Waals surface area (Å²) in [7, 11) is 0. The molecule has 5 nitrogen and oxygen atoms in total. The van der Waals surface area contributed by atoms with Crippen LogP contribution >= 0.6 is 0 Å². The van der Waals surface area contributed by atoms with Crippen LogP contribution in [0.1, 0.15) is 18.4 Å². The van der Waals surface area contributed by atoms with Gasteiger partial charge in [0, 0.05) is 43.3 Å². The maximum Gasteiger partial charge on any atom is 0.227 e. The molecule has 5 heteroatoms. The Morgan fingerprint density at radius 3 is 2.95 bits per heavy atom. The third-order valence-corrected chi connectivity index (χ3v) is 3.66. The van der Waals surface area contributed by atoms with Gasteiger partial charge in [0.2, 0.25) is 5.91 Å². The number of nitrogens with two attached hydrogens (primary N) is 1. The Bertz CT molecular complexity index is 606. The van der Waals surface area contributed by atoms with Gasteiger partial charge in [-0.25, -0.2) is 4.98 Å². The fourth-order valence-corrected chi connectivity index (χ4v) is 2.66. The van der Waals surface area contributed by atoms with Crippen LogP contribution in [0, 0.1) is 0 Å². The lowest BCUT2D eigenvalue weighted by Gasteiger charge is -2.29. The third kappa shape index (κ3) is 2.52. The standard InChI is InChI=1S/C15H18N4O/c16-13-3-4-14-12(10-13)2-5-15(20)19(14)8-1-7-18-9-6-17-11-18/h3-4,6,9-11H,1-2,5,7-8,16H2. The number of aromatic nitrogens is 2. The van der Waals surface area contributed by atoms with Gasteiger partial charge >= 0.3 is 0 Å². The molecule has 3 rings (SSSR count). The van der Waals surface area contributed by atoms with E-state index in [1.165, 1.54) is 5.56 Å². The molecule has 2 heterocycles. The minimum Gasteiger partial charge on any atom is -0.399 e. The van der Waals surface area contributed by atoms with E-state index in [1.807, 2.05) is 33.9 Å². The van der Waals surface area contributed by atoms with Crippen molar-refractivity contribution in [3.05, 3.63) is 42.5 Å². The predicted molar refractivity (Wildman–Crippen MR) is 78.4 cm³/mol. The number of aryl methyl sites for hydroxylation is 2. The van der Waals surface area contributed by atoms with E-state index >= 15 is 0 Å². The molecule has 0 unspecified atom stereocenters. The molecule has 0 fully saturated rings. The fourth-order valence-electron chi connectivity index (χ4n) is 2.66. The van der Waals surface area contributed by atoms with Crippen molar-refractivity contribution < 1.29 is 4.79 Å². The maximum absolute atomic E-state index is 12.1. The second-order valence-corrected chi connectivity index (χ2v) is 5.09. The topological polar surface area (TPSA) is 64.2 Å². The normalized spacial score (nSPS) is 14.4. The Morgan fingerprint density at radius 2 is 2.15 bits per heavy atom. The summed E-state index contributed by atoms with van der Waals surface area (Å²) in [5.41, 5.74) is 8.76. The van der Waals surface area contributed by atoms with E-state index in [9.17, 15) is 4.79 Å². The smallest absolute Gasteiger partial charge is 0.227 e. The first-order chi connectivity index (χ1) is 9.74. The lowest BCUT2D eigenvalue weighted by Crippen LogP contribution is -2.36. The first-order valence-corrected chi connectivity index (χ1v) is 6.88. The number of imidazole rings is 1. The zero-order valence-corrected chi connectivity index (χ0v) is 11.3. The number of amides is 1. The molecule has 0 spiro atoms. The summed E-state index contributed by atoms with van der Waals surface area (Å²) in [5, 5.41) is 0. The first-order valence-electron chi connectivity index (χ1n) is 6.88. The van der Waals surface area contributed by atoms with Gasteiger partial charge in [0.25, 0.3) is 0 Å². The van der Waals surface area contributed by atoms with Gasteiger partial charge < -0.3 is 15.2 Å². The zero-order valence-electron chi connectivity index (χ0n) is 11.3. The Morgan fingerprint density at radius 1 is 1.25 bits per heavy atom. The van der Waals surface area contributed by atoms with Crippen LogP contribution in [0.25, 0.3) is 0 Å². The first kappa shape index (κ1) is 12.7. The monoisotopic (exact) mass is 270 g/mol. The van der Waals surface area contributed by atoms with Gasteiger partial charge in [-0.1, -0.05) is 0 Å². The van der Waals surface area contributed by atoms with Crippen molar-refractivity contribution in [2.24, 2.45) is 0 Å². The van der Waals surface area contributed by atoms with Crippen LogP contribution in [0.4, 0.5) is 11.4 Å². The number of rotatable bonds is 4. The highest BCUT2D eigenvalue weighted by molar-refractivity contribution is 5.96. The zero-order chi connectivity index (χ0) is 13.9. The van der Waals surface area contributed by atoms with Crippen LogP contribution < -0.4 is 10.6 Å². The number of benzene rings is 1. The molecule has 0 radical (unpaired) electrons. The summed E-state index contributed by atoms with van der Waals surface area (Å²) < 4.78 is 2.03. The Balaban J connectivity index is 1.71. The van der Waals surface area contributed by atoms with E-state index in [0.29, 0.717) is 6.42 Å². The molecule has 0 aliphatic carbocycles. The van der Waals surface area contributed by atoms with E-state index in [1.54, 1.807) is 12.5 Å². The third-order valence-electron chi connectivity index (χ3n) is 3.66. The van der Waals surface area contributed by atoms with E-state index < -0.39 is 0 Å². The largest absolute Gasteiger partial charge is 0.399 e. The number of hydrogen-bond acceptors (Lipinski definition) is 3. The predicted octanol–water partition coefficient (Wildman–Crippen LogP) is 1.83. The summed E-state index contributed by atoms with van der Waals surface area (Å²) in [6.45, 7) is 1.60. The van der Waals surface area contributed by atoms with E-state index in [0.717, 1.165) is 37.3 Å². The van der Waals surface area contributed by atoms with Crippen LogP contribution in [0.3, 0.4) is 0 Å². The number of carbonyl (C=O) groups is 1. The van der Waals surface area contributed by atoms with E-state index in [-0.39, 0.29) is 5.91 Å². The van der Waals surface area contributed by atoms with Crippen molar-refractivity contribution in [2.75, 3.05) is 17.2 Å². The second kappa shape index (κ2) is 5.36. The van der Waals surface area contributed by atoms with Crippen molar-refractivity contribution in [1.29, 1.82) is 0 Å². The highest BCUT2D eigenvalue weighted by Crippen LogP contribution is 2.29. The maximum atomic E-state index is 12.1. The molecule has 1 amide bonds. The van der Waals surface area contributed by atoms with Gasteiger partial charge in [-0.2, -0.15) is 0 Å². The van der Waals surface area contributed by atoms with Crippen molar-refractivity contribution in [3.8, 4) is 0 Å². The van der Waals surface area contributed by atoms with Crippen LogP contribution in [0.15, 0.2) is 36.9 Å². The summed E-state index contributed by atoms with van der Waals surface area (Å²) in [5.74, 6) is 0.202. The summed E-state index contributed by atoms with van der Waals surface area (Å²) >= 11 is 0. The molecule has 0 saturated heterocycles. The molecule has 0 saturated carbocycles. The van der Waals surface area contributed by atoms with Crippen molar-refractivity contribution in [1.82, 2.24) is 9.55 Å². The number of carbonyl (C=O) groups excluding carboxylic acids is 1. The molecule has 1 aliphatic rings. The minimum absolute atomic E-state index is 0.202. The van der Waals surface area contributed by atoms with Gasteiger partial charge in [-0.3, -0.25) is 4.79 Å². The van der Waals surface area contributed by atoms with Gasteiger partial charge in [0.15, 0.2) is 0 Å². The van der Waals surface area contributed by atoms with E-state index in [4.69, 9.17) is 5.73 Å². The number of nitrogens with zero attached hydrogens (tertiary/aromatic N) is 3. The molecule has 0 atom stereocenters. The number of nitrogen functional groups attached to an aromatic ring is 1. The summed E-state index contributed by atoms with van der Waals surface area (Å²) in [6, 6.07) is 5.80. The van der Waals surface area contributed by atoms with Crippen LogP contribution in [-0.2, 0) is 17.8 Å². The fraction of sp³-hybridized carbons (Fsp3) is 0.333. The molecular weight excluding hydrogens is 252 g/mol. The van der Waals surface area contributed by atoms with Gasteiger partial charge in [-0.15, -0.1) is 0 Å². The van der Waals surface area contributed by atoms with Crippen molar-refractivity contribution in [3.63, 3.8) is 0 Å². The van der Waals surface area contributed by atoms with Gasteiger partial charge in [0.1, 0.15) is 0 Å². The van der Waals surface area contributed by atoms with Crippen molar-refractivity contribution in [2.45, 2.75) is 25.8 Å². The Hall–Kier alpha value is -2.30. The quantitative estimate of drug-likeness (QED) is 0.862. The van der Waals surface area contributed by atoms with Gasteiger partial charge in [-0.05, 0) is 36.6 Å². The van der Waals surface area contributed by atoms with Crippen LogP contribution in [0.5, 0.6) is 0 Å². The SMILES string of the molecule is Nc1ccc2c(c1)CCC(=O)N2CCCn1ccnc1. The lowest BCUT2D eigenvalue weighted by atomic mass is 10.0. The lowest BCUT2D eigenvalue weighted by molar-refractivity contribution is -0.118. The molecule has 1 aromatic carbocycles. The molecular formula is C15H18N4O. The number of fused-ring (bicyclic) bond motifs is 1. The molecule has 0 bridgehead atoms. The molecule has 2 aromatic rings. The number of anilines is 2. The molecule has 1 aliphatic heterocycles. The molecule has 1 aromatic heterocycles. The Labute approximate surface area is 118 Å². The molecule has 104 valence electrons. The highest BCUT2D eigenvalue weighted by atomic mass is 16.2. The average Bonchev–Trinajstić information content (AvgIpc) is 2.94. The van der Waals surface area contributed by atoms with Crippen LogP contribution in [-0.4, -0.2) is 22.0 Å². The highest BCUT2D eigenvalue weighted by Gasteiger charge is 2.23. The van der Waals surface area contributed by atoms with Crippen LogP contribution in [0.2, 0.25) is 0 Å². The number of hydrogen-bond donors (Lipinski definition) is 1. The van der Waals surface area contributed by atoms with E-state index in [2.05, 4.69) is 4.98 Å². The second-order valence-electron chi connectivity index (χ2n) is 5.09.